The first kappa shape index (κ1) is 16.9. The third-order valence-electron chi connectivity index (χ3n) is 3.64. The number of benzene rings is 1. The number of ether oxygens (including phenoxy) is 1. The summed E-state index contributed by atoms with van der Waals surface area (Å²) >= 11 is 1.47. The Balaban J connectivity index is 1.69. The van der Waals surface area contributed by atoms with Crippen molar-refractivity contribution in [2.45, 2.75) is 6.54 Å². The first-order valence-corrected chi connectivity index (χ1v) is 8.64. The molecule has 0 bridgehead atoms. The molecule has 25 heavy (non-hydrogen) atoms. The lowest BCUT2D eigenvalue weighted by Gasteiger charge is -2.08. The Bertz CT molecular complexity index is 902. The van der Waals surface area contributed by atoms with Crippen molar-refractivity contribution < 1.29 is 9.53 Å². The summed E-state index contributed by atoms with van der Waals surface area (Å²) in [6, 6.07) is 12.4. The maximum absolute atomic E-state index is 12.0. The van der Waals surface area contributed by atoms with Crippen molar-refractivity contribution >= 4 is 17.2 Å². The Hall–Kier alpha value is -2.93. The average molecular weight is 355 g/mol. The van der Waals surface area contributed by atoms with Crippen LogP contribution in [-0.2, 0) is 6.54 Å². The Labute approximate surface area is 148 Å². The van der Waals surface area contributed by atoms with E-state index in [9.17, 15) is 9.59 Å². The van der Waals surface area contributed by atoms with Crippen LogP contribution in [0.5, 0.6) is 5.75 Å². The van der Waals surface area contributed by atoms with E-state index in [2.05, 4.69) is 10.4 Å². The van der Waals surface area contributed by atoms with Gasteiger partial charge in [-0.1, -0.05) is 0 Å². The Kier molecular flexibility index (Phi) is 5.25. The summed E-state index contributed by atoms with van der Waals surface area (Å²) in [4.78, 5) is 23.9. The van der Waals surface area contributed by atoms with Gasteiger partial charge in [0.25, 0.3) is 11.5 Å². The highest BCUT2D eigenvalue weighted by Gasteiger charge is 2.07. The molecule has 0 aliphatic heterocycles. The van der Waals surface area contributed by atoms with Crippen LogP contribution >= 0.6 is 11.3 Å². The number of carbonyl (C=O) groups excluding carboxylic acids is 1. The van der Waals surface area contributed by atoms with Gasteiger partial charge in [0.15, 0.2) is 0 Å². The molecule has 3 aromatic rings. The molecule has 6 nitrogen and oxygen atoms in total. The molecule has 128 valence electrons. The molecule has 0 unspecified atom stereocenters. The molecule has 0 spiro atoms. The number of hydrogen-bond acceptors (Lipinski definition) is 5. The second-order valence-electron chi connectivity index (χ2n) is 5.28. The zero-order valence-corrected chi connectivity index (χ0v) is 14.5. The van der Waals surface area contributed by atoms with Crippen molar-refractivity contribution in [2.24, 2.45) is 0 Å². The van der Waals surface area contributed by atoms with Crippen LogP contribution in [0.4, 0.5) is 0 Å². The van der Waals surface area contributed by atoms with Gasteiger partial charge in [-0.25, -0.2) is 4.68 Å². The maximum Gasteiger partial charge on any atom is 0.266 e. The molecule has 0 radical (unpaired) electrons. The second-order valence-corrected chi connectivity index (χ2v) is 6.06. The smallest absolute Gasteiger partial charge is 0.266 e. The number of thiophene rings is 1. The third-order valence-corrected chi connectivity index (χ3v) is 4.33. The van der Waals surface area contributed by atoms with Gasteiger partial charge >= 0.3 is 0 Å². The van der Waals surface area contributed by atoms with E-state index in [1.807, 2.05) is 29.6 Å². The van der Waals surface area contributed by atoms with E-state index in [1.54, 1.807) is 24.6 Å². The van der Waals surface area contributed by atoms with E-state index in [4.69, 9.17) is 4.74 Å². The molecular weight excluding hydrogens is 338 g/mol. The third kappa shape index (κ3) is 4.13. The van der Waals surface area contributed by atoms with Crippen molar-refractivity contribution in [3.05, 3.63) is 69.1 Å². The largest absolute Gasteiger partial charge is 0.497 e. The molecule has 0 fully saturated rings. The number of hydrogen-bond donors (Lipinski definition) is 1. The molecule has 0 atom stereocenters. The van der Waals surface area contributed by atoms with Gasteiger partial charge in [0, 0.05) is 29.1 Å². The SMILES string of the molecule is COc1ccc(-c2ccc(=O)n(CCNC(=O)c3ccsc3)n2)cc1. The summed E-state index contributed by atoms with van der Waals surface area (Å²) in [5.41, 5.74) is 1.99. The Morgan fingerprint density at radius 3 is 2.68 bits per heavy atom. The van der Waals surface area contributed by atoms with E-state index >= 15 is 0 Å². The van der Waals surface area contributed by atoms with E-state index < -0.39 is 0 Å². The van der Waals surface area contributed by atoms with Gasteiger partial charge < -0.3 is 10.1 Å². The quantitative estimate of drug-likeness (QED) is 0.737. The van der Waals surface area contributed by atoms with Crippen LogP contribution in [0.25, 0.3) is 11.3 Å². The van der Waals surface area contributed by atoms with Gasteiger partial charge in [-0.2, -0.15) is 16.4 Å². The average Bonchev–Trinajstić information content (AvgIpc) is 3.18. The van der Waals surface area contributed by atoms with Crippen molar-refractivity contribution in [2.75, 3.05) is 13.7 Å². The van der Waals surface area contributed by atoms with Gasteiger partial charge in [-0.3, -0.25) is 9.59 Å². The monoisotopic (exact) mass is 355 g/mol. The Morgan fingerprint density at radius 1 is 1.20 bits per heavy atom. The van der Waals surface area contributed by atoms with E-state index in [-0.39, 0.29) is 11.5 Å². The number of carbonyl (C=O) groups is 1. The van der Waals surface area contributed by atoms with Gasteiger partial charge in [-0.15, -0.1) is 0 Å². The molecule has 1 aromatic carbocycles. The summed E-state index contributed by atoms with van der Waals surface area (Å²) in [7, 11) is 1.61. The summed E-state index contributed by atoms with van der Waals surface area (Å²) in [5, 5.41) is 10.8. The summed E-state index contributed by atoms with van der Waals surface area (Å²) in [5.74, 6) is 0.605. The van der Waals surface area contributed by atoms with Crippen LogP contribution in [0.2, 0.25) is 0 Å². The number of nitrogens with zero attached hydrogens (tertiary/aromatic N) is 2. The maximum atomic E-state index is 12.0. The second kappa shape index (κ2) is 7.76. The highest BCUT2D eigenvalue weighted by molar-refractivity contribution is 7.08. The fourth-order valence-corrected chi connectivity index (χ4v) is 2.93. The first-order chi connectivity index (χ1) is 12.2. The predicted molar refractivity (Wildman–Crippen MR) is 97.1 cm³/mol. The summed E-state index contributed by atoms with van der Waals surface area (Å²) < 4.78 is 6.49. The van der Waals surface area contributed by atoms with Crippen LogP contribution in [-0.4, -0.2) is 29.3 Å². The van der Waals surface area contributed by atoms with Crippen LogP contribution in [0, 0.1) is 0 Å². The van der Waals surface area contributed by atoms with Crippen LogP contribution in [0.15, 0.2) is 58.0 Å². The van der Waals surface area contributed by atoms with Gasteiger partial charge in [-0.05, 0) is 41.8 Å². The molecule has 0 aliphatic rings. The van der Waals surface area contributed by atoms with Crippen LogP contribution in [0.1, 0.15) is 10.4 Å². The minimum Gasteiger partial charge on any atom is -0.497 e. The zero-order chi connectivity index (χ0) is 17.6. The van der Waals surface area contributed by atoms with Crippen molar-refractivity contribution in [3.63, 3.8) is 0 Å². The number of nitrogens with one attached hydrogen (secondary N) is 1. The van der Waals surface area contributed by atoms with Crippen LogP contribution in [0.3, 0.4) is 0 Å². The van der Waals surface area contributed by atoms with Gasteiger partial charge in [0.1, 0.15) is 5.75 Å². The predicted octanol–water partition coefficient (Wildman–Crippen LogP) is 2.41. The minimum atomic E-state index is -0.206. The van der Waals surface area contributed by atoms with E-state index in [0.29, 0.717) is 24.3 Å². The molecule has 0 saturated carbocycles. The van der Waals surface area contributed by atoms with Gasteiger partial charge in [0.2, 0.25) is 0 Å². The zero-order valence-electron chi connectivity index (χ0n) is 13.6. The topological polar surface area (TPSA) is 73.2 Å². The van der Waals surface area contributed by atoms with E-state index in [1.165, 1.54) is 22.1 Å². The molecule has 2 aromatic heterocycles. The van der Waals surface area contributed by atoms with Crippen molar-refractivity contribution in [1.29, 1.82) is 0 Å². The number of rotatable bonds is 6. The number of amides is 1. The minimum absolute atomic E-state index is 0.152. The molecular formula is C18H17N3O3S. The van der Waals surface area contributed by atoms with Gasteiger partial charge in [0.05, 0.1) is 19.3 Å². The summed E-state index contributed by atoms with van der Waals surface area (Å²) in [6.45, 7) is 0.631. The normalized spacial score (nSPS) is 10.4. The molecule has 0 aliphatic carbocycles. The highest BCUT2D eigenvalue weighted by atomic mass is 32.1. The lowest BCUT2D eigenvalue weighted by Crippen LogP contribution is -2.31. The highest BCUT2D eigenvalue weighted by Crippen LogP contribution is 2.19. The van der Waals surface area contributed by atoms with E-state index in [0.717, 1.165) is 11.3 Å². The lowest BCUT2D eigenvalue weighted by molar-refractivity contribution is 0.0952. The van der Waals surface area contributed by atoms with Crippen molar-refractivity contribution in [1.82, 2.24) is 15.1 Å². The molecule has 1 N–H and O–H groups in total. The molecule has 0 saturated heterocycles. The number of methoxy groups -OCH3 is 1. The molecule has 3 rings (SSSR count). The number of aromatic nitrogens is 2. The lowest BCUT2D eigenvalue weighted by atomic mass is 10.1. The Morgan fingerprint density at radius 2 is 2.00 bits per heavy atom. The summed E-state index contributed by atoms with van der Waals surface area (Å²) in [6.07, 6.45) is 0. The fourth-order valence-electron chi connectivity index (χ4n) is 2.30. The standard InChI is InChI=1S/C18H17N3O3S/c1-24-15-4-2-13(3-5-15)16-6-7-17(22)21(20-16)10-9-19-18(23)14-8-11-25-12-14/h2-8,11-12H,9-10H2,1H3,(H,19,23). The molecule has 2 heterocycles. The first-order valence-electron chi connectivity index (χ1n) is 7.70. The van der Waals surface area contributed by atoms with Crippen LogP contribution < -0.4 is 15.6 Å². The molecule has 7 heteroatoms. The van der Waals surface area contributed by atoms with Crippen molar-refractivity contribution in [3.8, 4) is 17.0 Å². The molecule has 1 amide bonds. The fraction of sp³-hybridized carbons (Fsp3) is 0.167.